The van der Waals surface area contributed by atoms with Crippen molar-refractivity contribution in [3.63, 3.8) is 0 Å². The third kappa shape index (κ3) is 4.46. The summed E-state index contributed by atoms with van der Waals surface area (Å²) in [6, 6.07) is 0. The predicted molar refractivity (Wildman–Crippen MR) is 78.1 cm³/mol. The van der Waals surface area contributed by atoms with Gasteiger partial charge in [0.05, 0.1) is 0 Å². The van der Waals surface area contributed by atoms with Crippen molar-refractivity contribution in [3.05, 3.63) is 0 Å². The molecule has 1 amide bonds. The van der Waals surface area contributed by atoms with Gasteiger partial charge in [0, 0.05) is 31.6 Å². The molecule has 0 atom stereocenters. The molecule has 2 saturated heterocycles. The number of hydrogen-bond acceptors (Lipinski definition) is 3. The molecule has 2 fully saturated rings. The first-order valence-electron chi connectivity index (χ1n) is 7.68. The normalized spacial score (nSPS) is 25.5. The largest absolute Gasteiger partial charge is 0.340 e. The van der Waals surface area contributed by atoms with E-state index in [2.05, 4.69) is 31.1 Å². The minimum Gasteiger partial charge on any atom is -0.340 e. The van der Waals surface area contributed by atoms with Gasteiger partial charge in [-0.25, -0.2) is 0 Å². The molecule has 2 aliphatic heterocycles. The highest BCUT2D eigenvalue weighted by Gasteiger charge is 2.28. The van der Waals surface area contributed by atoms with Gasteiger partial charge in [0.25, 0.3) is 0 Å². The maximum atomic E-state index is 12.3. The third-order valence-electron chi connectivity index (χ3n) is 4.53. The van der Waals surface area contributed by atoms with Gasteiger partial charge in [-0.05, 0) is 59.2 Å². The lowest BCUT2D eigenvalue weighted by atomic mass is 9.92. The van der Waals surface area contributed by atoms with Gasteiger partial charge in [-0.15, -0.1) is 0 Å². The summed E-state index contributed by atoms with van der Waals surface area (Å²) in [7, 11) is 2.18. The molecule has 19 heavy (non-hydrogen) atoms. The number of hydrogen-bond donors (Lipinski definition) is 1. The fourth-order valence-corrected chi connectivity index (χ4v) is 3.19. The van der Waals surface area contributed by atoms with Crippen LogP contribution < -0.4 is 5.32 Å². The van der Waals surface area contributed by atoms with Crippen molar-refractivity contribution in [1.82, 2.24) is 15.1 Å². The molecule has 0 aromatic heterocycles. The second kappa shape index (κ2) is 6.23. The first-order chi connectivity index (χ1) is 8.96. The number of nitrogens with one attached hydrogen (secondary N) is 1. The Morgan fingerprint density at radius 2 is 1.95 bits per heavy atom. The van der Waals surface area contributed by atoms with Crippen LogP contribution in [0.1, 0.15) is 39.5 Å². The van der Waals surface area contributed by atoms with Crippen LogP contribution in [0.3, 0.4) is 0 Å². The van der Waals surface area contributed by atoms with Crippen LogP contribution in [0, 0.1) is 5.92 Å². The first-order valence-corrected chi connectivity index (χ1v) is 7.68. The summed E-state index contributed by atoms with van der Waals surface area (Å²) in [5.74, 6) is 1.12. The number of amides is 1. The minimum absolute atomic E-state index is 0.0709. The monoisotopic (exact) mass is 267 g/mol. The van der Waals surface area contributed by atoms with Crippen LogP contribution in [-0.2, 0) is 4.79 Å². The summed E-state index contributed by atoms with van der Waals surface area (Å²) in [4.78, 5) is 16.7. The first kappa shape index (κ1) is 14.8. The Balaban J connectivity index is 1.72. The van der Waals surface area contributed by atoms with Gasteiger partial charge in [0.2, 0.25) is 5.91 Å². The Bertz CT molecular complexity index is 309. The molecule has 0 aromatic carbocycles. The Morgan fingerprint density at radius 1 is 1.26 bits per heavy atom. The quantitative estimate of drug-likeness (QED) is 0.838. The van der Waals surface area contributed by atoms with Gasteiger partial charge >= 0.3 is 0 Å². The van der Waals surface area contributed by atoms with Crippen LogP contribution in [0.5, 0.6) is 0 Å². The van der Waals surface area contributed by atoms with Crippen molar-refractivity contribution < 1.29 is 4.79 Å². The molecule has 2 rings (SSSR count). The number of nitrogens with zero attached hydrogens (tertiary/aromatic N) is 2. The van der Waals surface area contributed by atoms with Gasteiger partial charge in [0.1, 0.15) is 0 Å². The zero-order chi connectivity index (χ0) is 13.9. The van der Waals surface area contributed by atoms with E-state index >= 15 is 0 Å². The Kier molecular flexibility index (Phi) is 4.85. The van der Waals surface area contributed by atoms with Crippen molar-refractivity contribution in [1.29, 1.82) is 0 Å². The molecule has 2 aliphatic rings. The number of piperidine rings is 1. The van der Waals surface area contributed by atoms with E-state index in [9.17, 15) is 4.79 Å². The van der Waals surface area contributed by atoms with E-state index < -0.39 is 0 Å². The Labute approximate surface area is 117 Å². The summed E-state index contributed by atoms with van der Waals surface area (Å²) in [6.07, 6.45) is 4.34. The topological polar surface area (TPSA) is 35.6 Å². The SMILES string of the molecule is CN1CCC(CCC(=O)N2CCNC(C)(C)C2)CC1. The van der Waals surface area contributed by atoms with Gasteiger partial charge in [-0.3, -0.25) is 4.79 Å². The van der Waals surface area contributed by atoms with Gasteiger partial charge in [-0.1, -0.05) is 0 Å². The van der Waals surface area contributed by atoms with Crippen molar-refractivity contribution in [2.24, 2.45) is 5.92 Å². The molecule has 0 spiro atoms. The van der Waals surface area contributed by atoms with E-state index in [1.165, 1.54) is 25.9 Å². The molecule has 0 unspecified atom stereocenters. The van der Waals surface area contributed by atoms with Gasteiger partial charge < -0.3 is 15.1 Å². The fraction of sp³-hybridized carbons (Fsp3) is 0.933. The molecule has 1 N–H and O–H groups in total. The smallest absolute Gasteiger partial charge is 0.222 e. The zero-order valence-corrected chi connectivity index (χ0v) is 12.7. The highest BCUT2D eigenvalue weighted by atomic mass is 16.2. The van der Waals surface area contributed by atoms with Crippen molar-refractivity contribution in [3.8, 4) is 0 Å². The predicted octanol–water partition coefficient (Wildman–Crippen LogP) is 1.32. The number of rotatable bonds is 3. The highest BCUT2D eigenvalue weighted by Crippen LogP contribution is 2.22. The fourth-order valence-electron chi connectivity index (χ4n) is 3.19. The molecule has 0 saturated carbocycles. The van der Waals surface area contributed by atoms with E-state index in [1.54, 1.807) is 0 Å². The minimum atomic E-state index is 0.0709. The number of carbonyl (C=O) groups is 1. The average Bonchev–Trinajstić information content (AvgIpc) is 2.36. The molecular formula is C15H29N3O. The summed E-state index contributed by atoms with van der Waals surface area (Å²) in [5, 5.41) is 3.45. The van der Waals surface area contributed by atoms with Crippen LogP contribution in [0.25, 0.3) is 0 Å². The number of piperazine rings is 1. The summed E-state index contributed by atoms with van der Waals surface area (Å²) >= 11 is 0. The molecule has 2 heterocycles. The van der Waals surface area contributed by atoms with Crippen LogP contribution in [0.4, 0.5) is 0 Å². The van der Waals surface area contributed by atoms with Crippen LogP contribution in [-0.4, -0.2) is 61.0 Å². The standard InChI is InChI=1S/C15H29N3O/c1-15(2)12-18(11-8-16-15)14(19)5-4-13-6-9-17(3)10-7-13/h13,16H,4-12H2,1-3H3. The third-order valence-corrected chi connectivity index (χ3v) is 4.53. The maximum Gasteiger partial charge on any atom is 0.222 e. The molecule has 0 radical (unpaired) electrons. The summed E-state index contributed by atoms with van der Waals surface area (Å²) in [6.45, 7) is 9.37. The van der Waals surface area contributed by atoms with Crippen molar-refractivity contribution in [2.75, 3.05) is 39.8 Å². The lowest BCUT2D eigenvalue weighted by molar-refractivity contribution is -0.133. The van der Waals surface area contributed by atoms with E-state index in [4.69, 9.17) is 0 Å². The highest BCUT2D eigenvalue weighted by molar-refractivity contribution is 5.76. The molecule has 110 valence electrons. The van der Waals surface area contributed by atoms with Gasteiger partial charge in [0.15, 0.2) is 0 Å². The average molecular weight is 267 g/mol. The lowest BCUT2D eigenvalue weighted by Gasteiger charge is -2.39. The van der Waals surface area contributed by atoms with Crippen molar-refractivity contribution in [2.45, 2.75) is 45.1 Å². The molecule has 0 aliphatic carbocycles. The molecule has 0 bridgehead atoms. The van der Waals surface area contributed by atoms with E-state index in [0.29, 0.717) is 5.91 Å². The number of carbonyl (C=O) groups excluding carboxylic acids is 1. The second-order valence-electron chi connectivity index (χ2n) is 6.91. The van der Waals surface area contributed by atoms with E-state index in [1.807, 2.05) is 4.90 Å². The maximum absolute atomic E-state index is 12.3. The van der Waals surface area contributed by atoms with Crippen LogP contribution in [0.2, 0.25) is 0 Å². The second-order valence-corrected chi connectivity index (χ2v) is 6.91. The Hall–Kier alpha value is -0.610. The van der Waals surface area contributed by atoms with Crippen LogP contribution in [0.15, 0.2) is 0 Å². The molecule has 4 heteroatoms. The molecule has 4 nitrogen and oxygen atoms in total. The lowest BCUT2D eigenvalue weighted by Crippen LogP contribution is -2.58. The van der Waals surface area contributed by atoms with E-state index in [0.717, 1.165) is 38.4 Å². The van der Waals surface area contributed by atoms with Gasteiger partial charge in [-0.2, -0.15) is 0 Å². The summed E-state index contributed by atoms with van der Waals surface area (Å²) in [5.41, 5.74) is 0.0709. The molecular weight excluding hydrogens is 238 g/mol. The Morgan fingerprint density at radius 3 is 2.58 bits per heavy atom. The zero-order valence-electron chi connectivity index (χ0n) is 12.7. The molecule has 0 aromatic rings. The van der Waals surface area contributed by atoms with E-state index in [-0.39, 0.29) is 5.54 Å². The van der Waals surface area contributed by atoms with Crippen molar-refractivity contribution >= 4 is 5.91 Å². The van der Waals surface area contributed by atoms with Crippen LogP contribution >= 0.6 is 0 Å². The summed E-state index contributed by atoms with van der Waals surface area (Å²) < 4.78 is 0. The number of likely N-dealkylation sites (tertiary alicyclic amines) is 1.